The van der Waals surface area contributed by atoms with E-state index in [-0.39, 0.29) is 5.28 Å². The summed E-state index contributed by atoms with van der Waals surface area (Å²) in [5.41, 5.74) is 0.922. The predicted octanol–water partition coefficient (Wildman–Crippen LogP) is 3.01. The summed E-state index contributed by atoms with van der Waals surface area (Å²) in [6.07, 6.45) is 5.09. The van der Waals surface area contributed by atoms with Gasteiger partial charge >= 0.3 is 0 Å². The van der Waals surface area contributed by atoms with E-state index in [1.54, 1.807) is 6.20 Å². The zero-order valence-corrected chi connectivity index (χ0v) is 9.34. The molecule has 0 saturated heterocycles. The number of unbranched alkanes of at least 4 members (excludes halogenated alkanes) is 2. The number of nitrogens with zero attached hydrogens (tertiary/aromatic N) is 2. The van der Waals surface area contributed by atoms with E-state index in [0.717, 1.165) is 12.0 Å². The van der Waals surface area contributed by atoms with Gasteiger partial charge in [0.05, 0.1) is 6.61 Å². The van der Waals surface area contributed by atoms with Crippen molar-refractivity contribution in [2.24, 2.45) is 0 Å². The van der Waals surface area contributed by atoms with Crippen molar-refractivity contribution in [3.8, 4) is 5.88 Å². The maximum Gasteiger partial charge on any atom is 0.225 e. The highest BCUT2D eigenvalue weighted by atomic mass is 35.5. The summed E-state index contributed by atoms with van der Waals surface area (Å²) in [7, 11) is 0. The quantitative estimate of drug-likeness (QED) is 0.558. The smallest absolute Gasteiger partial charge is 0.225 e. The Morgan fingerprint density at radius 2 is 2.21 bits per heavy atom. The fraction of sp³-hybridized carbons (Fsp3) is 0.600. The Kier molecular flexibility index (Phi) is 4.66. The van der Waals surface area contributed by atoms with Gasteiger partial charge in [-0.05, 0) is 24.9 Å². The first-order valence-corrected chi connectivity index (χ1v) is 5.23. The van der Waals surface area contributed by atoms with Gasteiger partial charge in [-0.15, -0.1) is 0 Å². The maximum absolute atomic E-state index is 5.65. The fourth-order valence-electron chi connectivity index (χ4n) is 1.07. The number of aromatic nitrogens is 2. The van der Waals surface area contributed by atoms with Crippen molar-refractivity contribution in [1.29, 1.82) is 0 Å². The largest absolute Gasteiger partial charge is 0.477 e. The molecule has 78 valence electrons. The summed E-state index contributed by atoms with van der Waals surface area (Å²) in [6.45, 7) is 4.76. The summed E-state index contributed by atoms with van der Waals surface area (Å²) in [4.78, 5) is 7.86. The van der Waals surface area contributed by atoms with Crippen molar-refractivity contribution in [3.63, 3.8) is 0 Å². The number of rotatable bonds is 5. The highest BCUT2D eigenvalue weighted by Crippen LogP contribution is 2.15. The predicted molar refractivity (Wildman–Crippen MR) is 56.8 cm³/mol. The Bertz CT molecular complexity index is 291. The second-order valence-electron chi connectivity index (χ2n) is 3.18. The van der Waals surface area contributed by atoms with Crippen LogP contribution in [0.1, 0.15) is 31.7 Å². The molecular formula is C10H15ClN2O. The van der Waals surface area contributed by atoms with E-state index in [2.05, 4.69) is 16.9 Å². The van der Waals surface area contributed by atoms with Gasteiger partial charge in [0, 0.05) is 11.8 Å². The molecule has 3 nitrogen and oxygen atoms in total. The molecule has 0 radical (unpaired) electrons. The van der Waals surface area contributed by atoms with Crippen LogP contribution in [0.3, 0.4) is 0 Å². The molecule has 1 heterocycles. The minimum Gasteiger partial charge on any atom is -0.477 e. The summed E-state index contributed by atoms with van der Waals surface area (Å²) in [6, 6.07) is 0. The van der Waals surface area contributed by atoms with Crippen molar-refractivity contribution < 1.29 is 4.74 Å². The molecule has 0 aromatic carbocycles. The molecule has 0 atom stereocenters. The molecule has 1 aromatic heterocycles. The lowest BCUT2D eigenvalue weighted by Gasteiger charge is -2.06. The summed E-state index contributed by atoms with van der Waals surface area (Å²) < 4.78 is 5.48. The number of hydrogen-bond acceptors (Lipinski definition) is 3. The Morgan fingerprint density at radius 3 is 2.93 bits per heavy atom. The molecule has 0 saturated carbocycles. The zero-order valence-electron chi connectivity index (χ0n) is 8.59. The summed E-state index contributed by atoms with van der Waals surface area (Å²) in [5.74, 6) is 0.598. The van der Waals surface area contributed by atoms with Crippen LogP contribution in [0, 0.1) is 6.92 Å². The molecule has 4 heteroatoms. The number of ether oxygens (including phenoxy) is 1. The van der Waals surface area contributed by atoms with E-state index in [1.165, 1.54) is 12.8 Å². The van der Waals surface area contributed by atoms with Crippen LogP contribution in [0.15, 0.2) is 6.20 Å². The standard InChI is InChI=1S/C10H15ClN2O/c1-3-4-5-6-14-9-8(2)7-12-10(11)13-9/h7H,3-6H2,1-2H3. The van der Waals surface area contributed by atoms with Crippen LogP contribution in [-0.4, -0.2) is 16.6 Å². The molecule has 1 aromatic rings. The van der Waals surface area contributed by atoms with Crippen molar-refractivity contribution in [2.45, 2.75) is 33.1 Å². The fourth-order valence-corrected chi connectivity index (χ4v) is 1.20. The molecule has 0 fully saturated rings. The van der Waals surface area contributed by atoms with Crippen molar-refractivity contribution >= 4 is 11.6 Å². The van der Waals surface area contributed by atoms with Gasteiger partial charge in [0.25, 0.3) is 0 Å². The Hall–Kier alpha value is -0.830. The molecular weight excluding hydrogens is 200 g/mol. The average Bonchev–Trinajstić information content (AvgIpc) is 2.18. The normalized spacial score (nSPS) is 10.2. The maximum atomic E-state index is 5.65. The van der Waals surface area contributed by atoms with Crippen LogP contribution in [0.2, 0.25) is 5.28 Å². The summed E-state index contributed by atoms with van der Waals surface area (Å²) in [5, 5.41) is 0.237. The van der Waals surface area contributed by atoms with Gasteiger partial charge in [0.15, 0.2) is 0 Å². The molecule has 0 aliphatic heterocycles. The molecule has 0 N–H and O–H groups in total. The van der Waals surface area contributed by atoms with E-state index in [0.29, 0.717) is 12.5 Å². The van der Waals surface area contributed by atoms with Crippen LogP contribution in [-0.2, 0) is 0 Å². The summed E-state index contributed by atoms with van der Waals surface area (Å²) >= 11 is 5.65. The number of aryl methyl sites for hydroxylation is 1. The van der Waals surface area contributed by atoms with Crippen LogP contribution < -0.4 is 4.74 Å². The molecule has 0 aliphatic carbocycles. The molecule has 0 spiro atoms. The van der Waals surface area contributed by atoms with Crippen molar-refractivity contribution in [2.75, 3.05) is 6.61 Å². The third-order valence-electron chi connectivity index (χ3n) is 1.88. The Morgan fingerprint density at radius 1 is 1.43 bits per heavy atom. The lowest BCUT2D eigenvalue weighted by atomic mass is 10.3. The highest BCUT2D eigenvalue weighted by Gasteiger charge is 2.02. The molecule has 0 bridgehead atoms. The van der Waals surface area contributed by atoms with E-state index < -0.39 is 0 Å². The van der Waals surface area contributed by atoms with E-state index >= 15 is 0 Å². The van der Waals surface area contributed by atoms with Crippen molar-refractivity contribution in [1.82, 2.24) is 9.97 Å². The molecule has 0 amide bonds. The van der Waals surface area contributed by atoms with Crippen LogP contribution >= 0.6 is 11.6 Å². The third kappa shape index (κ3) is 3.50. The zero-order chi connectivity index (χ0) is 10.4. The van der Waals surface area contributed by atoms with E-state index in [4.69, 9.17) is 16.3 Å². The number of hydrogen-bond donors (Lipinski definition) is 0. The van der Waals surface area contributed by atoms with E-state index in [1.807, 2.05) is 6.92 Å². The molecule has 0 aliphatic rings. The first kappa shape index (κ1) is 11.2. The van der Waals surface area contributed by atoms with Crippen LogP contribution in [0.25, 0.3) is 0 Å². The first-order chi connectivity index (χ1) is 6.74. The van der Waals surface area contributed by atoms with Gasteiger partial charge in [-0.3, -0.25) is 0 Å². The second-order valence-corrected chi connectivity index (χ2v) is 3.52. The molecule has 14 heavy (non-hydrogen) atoms. The van der Waals surface area contributed by atoms with Gasteiger partial charge in [-0.2, -0.15) is 4.98 Å². The minimum atomic E-state index is 0.237. The average molecular weight is 215 g/mol. The minimum absolute atomic E-state index is 0.237. The van der Waals surface area contributed by atoms with Crippen molar-refractivity contribution in [3.05, 3.63) is 17.0 Å². The van der Waals surface area contributed by atoms with Crippen LogP contribution in [0.5, 0.6) is 5.88 Å². The number of halogens is 1. The molecule has 0 unspecified atom stereocenters. The van der Waals surface area contributed by atoms with E-state index in [9.17, 15) is 0 Å². The monoisotopic (exact) mass is 214 g/mol. The molecule has 1 rings (SSSR count). The first-order valence-electron chi connectivity index (χ1n) is 4.86. The topological polar surface area (TPSA) is 35.0 Å². The lowest BCUT2D eigenvalue weighted by Crippen LogP contribution is -2.01. The van der Waals surface area contributed by atoms with Gasteiger partial charge < -0.3 is 4.74 Å². The van der Waals surface area contributed by atoms with Gasteiger partial charge in [0.1, 0.15) is 0 Å². The Balaban J connectivity index is 2.45. The third-order valence-corrected chi connectivity index (χ3v) is 2.06. The SMILES string of the molecule is CCCCCOc1nc(Cl)ncc1C. The van der Waals surface area contributed by atoms with Gasteiger partial charge in [-0.25, -0.2) is 4.98 Å². The highest BCUT2D eigenvalue weighted by molar-refractivity contribution is 6.28. The Labute approximate surface area is 89.5 Å². The second kappa shape index (κ2) is 5.81. The van der Waals surface area contributed by atoms with Crippen LogP contribution in [0.4, 0.5) is 0 Å². The lowest BCUT2D eigenvalue weighted by molar-refractivity contribution is 0.292. The van der Waals surface area contributed by atoms with Gasteiger partial charge in [-0.1, -0.05) is 19.8 Å². The van der Waals surface area contributed by atoms with Gasteiger partial charge in [0.2, 0.25) is 11.2 Å².